The number of rotatable bonds is 3. The number of phenolic OH excluding ortho intramolecular Hbond substituents is 1. The summed E-state index contributed by atoms with van der Waals surface area (Å²) in [5.41, 5.74) is 5.83. The highest BCUT2D eigenvalue weighted by atomic mass is 16.3. The van der Waals surface area contributed by atoms with Crippen LogP contribution in [0.15, 0.2) is 30.9 Å². The Kier molecular flexibility index (Phi) is 3.33. The molecule has 0 aliphatic rings. The molecule has 0 spiro atoms. The number of nitrogens with one attached hydrogen (secondary N) is 1. The van der Waals surface area contributed by atoms with Gasteiger partial charge in [-0.1, -0.05) is 12.1 Å². The number of para-hydroxylation sites is 1. The summed E-state index contributed by atoms with van der Waals surface area (Å²) in [6, 6.07) is 4.50. The monoisotopic (exact) mass is 206 g/mol. The summed E-state index contributed by atoms with van der Waals surface area (Å²) in [7, 11) is 0. The normalized spacial score (nSPS) is 11.8. The molecular weight excluding hydrogens is 192 g/mol. The SMILES string of the molecule is C=CC(C)NC(=O)c1cccc(N)c1O. The summed E-state index contributed by atoms with van der Waals surface area (Å²) in [5, 5.41) is 12.2. The lowest BCUT2D eigenvalue weighted by atomic mass is 10.1. The molecule has 1 unspecified atom stereocenters. The van der Waals surface area contributed by atoms with E-state index in [-0.39, 0.29) is 28.9 Å². The maximum Gasteiger partial charge on any atom is 0.255 e. The molecule has 0 bridgehead atoms. The Hall–Kier alpha value is -1.97. The summed E-state index contributed by atoms with van der Waals surface area (Å²) in [6.45, 7) is 5.33. The third-order valence-electron chi connectivity index (χ3n) is 2.02. The molecule has 1 amide bonds. The Balaban J connectivity index is 2.91. The van der Waals surface area contributed by atoms with Gasteiger partial charge in [0.15, 0.2) is 5.75 Å². The molecule has 0 saturated carbocycles. The fraction of sp³-hybridized carbons (Fsp3) is 0.182. The Bertz CT molecular complexity index is 388. The summed E-state index contributed by atoms with van der Waals surface area (Å²) in [6.07, 6.45) is 1.60. The number of nitrogen functional groups attached to an aromatic ring is 1. The molecule has 0 aliphatic carbocycles. The lowest BCUT2D eigenvalue weighted by Gasteiger charge is -2.10. The number of carbonyl (C=O) groups excluding carboxylic acids is 1. The van der Waals surface area contributed by atoms with Gasteiger partial charge < -0.3 is 16.2 Å². The zero-order valence-corrected chi connectivity index (χ0v) is 8.53. The first-order chi connectivity index (χ1) is 7.06. The van der Waals surface area contributed by atoms with Crippen molar-refractivity contribution < 1.29 is 9.90 Å². The van der Waals surface area contributed by atoms with E-state index in [9.17, 15) is 9.90 Å². The second-order valence-corrected chi connectivity index (χ2v) is 3.24. The zero-order chi connectivity index (χ0) is 11.4. The second kappa shape index (κ2) is 4.50. The Morgan fingerprint density at radius 3 is 2.93 bits per heavy atom. The van der Waals surface area contributed by atoms with Crippen LogP contribution in [0.5, 0.6) is 5.75 Å². The molecule has 1 aromatic rings. The molecule has 4 nitrogen and oxygen atoms in total. The van der Waals surface area contributed by atoms with E-state index in [4.69, 9.17) is 5.73 Å². The zero-order valence-electron chi connectivity index (χ0n) is 8.53. The van der Waals surface area contributed by atoms with Crippen LogP contribution in [0.25, 0.3) is 0 Å². The van der Waals surface area contributed by atoms with Crippen molar-refractivity contribution in [1.29, 1.82) is 0 Å². The minimum Gasteiger partial charge on any atom is -0.505 e. The maximum atomic E-state index is 11.6. The van der Waals surface area contributed by atoms with Gasteiger partial charge in [-0.2, -0.15) is 0 Å². The highest BCUT2D eigenvalue weighted by molar-refractivity contribution is 5.98. The van der Waals surface area contributed by atoms with Crippen molar-refractivity contribution in [1.82, 2.24) is 5.32 Å². The van der Waals surface area contributed by atoms with Crippen LogP contribution >= 0.6 is 0 Å². The number of anilines is 1. The van der Waals surface area contributed by atoms with Crippen LogP contribution in [-0.4, -0.2) is 17.1 Å². The molecule has 4 N–H and O–H groups in total. The van der Waals surface area contributed by atoms with E-state index >= 15 is 0 Å². The maximum absolute atomic E-state index is 11.6. The first kappa shape index (κ1) is 11.1. The number of aromatic hydroxyl groups is 1. The molecule has 80 valence electrons. The first-order valence-electron chi connectivity index (χ1n) is 4.57. The molecule has 0 saturated heterocycles. The lowest BCUT2D eigenvalue weighted by Crippen LogP contribution is -2.30. The third kappa shape index (κ3) is 2.49. The fourth-order valence-corrected chi connectivity index (χ4v) is 1.09. The van der Waals surface area contributed by atoms with Crippen LogP contribution in [0.2, 0.25) is 0 Å². The van der Waals surface area contributed by atoms with E-state index in [1.165, 1.54) is 12.1 Å². The van der Waals surface area contributed by atoms with Crippen LogP contribution in [0, 0.1) is 0 Å². The lowest BCUT2D eigenvalue weighted by molar-refractivity contribution is 0.0944. The molecule has 0 fully saturated rings. The second-order valence-electron chi connectivity index (χ2n) is 3.24. The van der Waals surface area contributed by atoms with Crippen LogP contribution in [0.3, 0.4) is 0 Å². The molecule has 0 heterocycles. The fourth-order valence-electron chi connectivity index (χ4n) is 1.09. The van der Waals surface area contributed by atoms with Gasteiger partial charge in [0.1, 0.15) is 0 Å². The van der Waals surface area contributed by atoms with Crippen LogP contribution in [-0.2, 0) is 0 Å². The van der Waals surface area contributed by atoms with Gasteiger partial charge in [0.25, 0.3) is 5.91 Å². The van der Waals surface area contributed by atoms with E-state index in [0.29, 0.717) is 0 Å². The number of hydrogen-bond acceptors (Lipinski definition) is 3. The number of carbonyl (C=O) groups is 1. The van der Waals surface area contributed by atoms with Gasteiger partial charge in [0, 0.05) is 6.04 Å². The van der Waals surface area contributed by atoms with Gasteiger partial charge >= 0.3 is 0 Å². The van der Waals surface area contributed by atoms with Gasteiger partial charge in [-0.15, -0.1) is 6.58 Å². The molecule has 4 heteroatoms. The predicted octanol–water partition coefficient (Wildman–Crippen LogP) is 1.28. The van der Waals surface area contributed by atoms with Gasteiger partial charge in [0.2, 0.25) is 0 Å². The Morgan fingerprint density at radius 2 is 2.33 bits per heavy atom. The number of hydrogen-bond donors (Lipinski definition) is 3. The molecule has 1 rings (SSSR count). The summed E-state index contributed by atoms with van der Waals surface area (Å²) >= 11 is 0. The van der Waals surface area contributed by atoms with Crippen molar-refractivity contribution in [2.75, 3.05) is 5.73 Å². The molecule has 0 aromatic heterocycles. The van der Waals surface area contributed by atoms with E-state index in [1.807, 2.05) is 0 Å². The summed E-state index contributed by atoms with van der Waals surface area (Å²) < 4.78 is 0. The van der Waals surface area contributed by atoms with Crippen molar-refractivity contribution in [3.8, 4) is 5.75 Å². The van der Waals surface area contributed by atoms with E-state index < -0.39 is 0 Å². The highest BCUT2D eigenvalue weighted by Gasteiger charge is 2.13. The smallest absolute Gasteiger partial charge is 0.255 e. The van der Waals surface area contributed by atoms with E-state index in [0.717, 1.165) is 0 Å². The van der Waals surface area contributed by atoms with Crippen molar-refractivity contribution in [3.63, 3.8) is 0 Å². The van der Waals surface area contributed by atoms with E-state index in [2.05, 4.69) is 11.9 Å². The third-order valence-corrected chi connectivity index (χ3v) is 2.02. The Morgan fingerprint density at radius 1 is 1.67 bits per heavy atom. The van der Waals surface area contributed by atoms with Crippen LogP contribution < -0.4 is 11.1 Å². The molecule has 0 aliphatic heterocycles. The average molecular weight is 206 g/mol. The molecular formula is C11H14N2O2. The molecule has 1 atom stereocenters. The Labute approximate surface area is 88.4 Å². The van der Waals surface area contributed by atoms with E-state index in [1.54, 1.807) is 19.1 Å². The van der Waals surface area contributed by atoms with Crippen molar-refractivity contribution in [2.24, 2.45) is 0 Å². The van der Waals surface area contributed by atoms with Gasteiger partial charge in [-0.3, -0.25) is 4.79 Å². The van der Waals surface area contributed by atoms with Gasteiger partial charge in [-0.05, 0) is 19.1 Å². The minimum atomic E-state index is -0.368. The molecule has 1 aromatic carbocycles. The first-order valence-corrected chi connectivity index (χ1v) is 4.57. The molecule has 0 radical (unpaired) electrons. The van der Waals surface area contributed by atoms with Gasteiger partial charge in [-0.25, -0.2) is 0 Å². The average Bonchev–Trinajstić information content (AvgIpc) is 2.21. The quantitative estimate of drug-likeness (QED) is 0.396. The van der Waals surface area contributed by atoms with Crippen molar-refractivity contribution in [2.45, 2.75) is 13.0 Å². The van der Waals surface area contributed by atoms with Gasteiger partial charge in [0.05, 0.1) is 11.3 Å². The van der Waals surface area contributed by atoms with Crippen LogP contribution in [0.1, 0.15) is 17.3 Å². The highest BCUT2D eigenvalue weighted by Crippen LogP contribution is 2.24. The van der Waals surface area contributed by atoms with Crippen molar-refractivity contribution in [3.05, 3.63) is 36.4 Å². The summed E-state index contributed by atoms with van der Waals surface area (Å²) in [4.78, 5) is 11.6. The number of nitrogens with two attached hydrogens (primary N) is 1. The molecule has 15 heavy (non-hydrogen) atoms. The largest absolute Gasteiger partial charge is 0.505 e. The topological polar surface area (TPSA) is 75.4 Å². The minimum absolute atomic E-state index is 0.154. The number of benzene rings is 1. The summed E-state index contributed by atoms with van der Waals surface area (Å²) in [5.74, 6) is -0.557. The predicted molar refractivity (Wildman–Crippen MR) is 59.6 cm³/mol. The number of amides is 1. The van der Waals surface area contributed by atoms with Crippen molar-refractivity contribution >= 4 is 11.6 Å². The van der Waals surface area contributed by atoms with Crippen LogP contribution in [0.4, 0.5) is 5.69 Å². The number of phenols is 1. The standard InChI is InChI=1S/C11H14N2O2/c1-3-7(2)13-11(15)8-5-4-6-9(12)10(8)14/h3-7,14H,1,12H2,2H3,(H,13,15).